The first-order valence-corrected chi connectivity index (χ1v) is 2.24. The maximum atomic E-state index is 6.52. The van der Waals surface area contributed by atoms with Gasteiger partial charge in [0.05, 0.1) is 0 Å². The van der Waals surface area contributed by atoms with Crippen molar-refractivity contribution >= 4 is 0 Å². The van der Waals surface area contributed by atoms with Crippen LogP contribution >= 0.6 is 0 Å². The summed E-state index contributed by atoms with van der Waals surface area (Å²) in [5.74, 6) is 0.495. The minimum Gasteiger partial charge on any atom is -0.504 e. The average molecular weight is 112 g/mol. The molecule has 1 aromatic carbocycles. The molecule has 0 saturated carbocycles. The first kappa shape index (κ1) is 2.97. The van der Waals surface area contributed by atoms with Crippen molar-refractivity contribution in [2.24, 2.45) is 0 Å². The Bertz CT molecular complexity index is 192. The van der Waals surface area contributed by atoms with Gasteiger partial charge in [-0.25, -0.2) is 0 Å². The SMILES string of the molecule is [2H]Oc1ccccc1O[2H]. The molecule has 0 saturated heterocycles. The van der Waals surface area contributed by atoms with Crippen LogP contribution in [-0.4, -0.2) is 13.1 Å². The summed E-state index contributed by atoms with van der Waals surface area (Å²) < 4.78 is 13.0. The second-order valence-electron chi connectivity index (χ2n) is 1.45. The largest absolute Gasteiger partial charge is 0.504 e. The van der Waals surface area contributed by atoms with E-state index in [4.69, 9.17) is 2.86 Å². The van der Waals surface area contributed by atoms with Crippen molar-refractivity contribution in [2.75, 3.05) is 0 Å². The zero-order chi connectivity index (χ0) is 7.40. The predicted molar refractivity (Wildman–Crippen MR) is 29.8 cm³/mol. The summed E-state index contributed by atoms with van der Waals surface area (Å²) in [5, 5.41) is 8.28. The van der Waals surface area contributed by atoms with Crippen LogP contribution in [-0.2, 0) is 0 Å². The molecule has 0 amide bonds. The van der Waals surface area contributed by atoms with Crippen LogP contribution in [0.25, 0.3) is 0 Å². The van der Waals surface area contributed by atoms with E-state index in [-0.39, 0.29) is 11.5 Å². The van der Waals surface area contributed by atoms with Gasteiger partial charge in [0.2, 0.25) is 0 Å². The van der Waals surface area contributed by atoms with Gasteiger partial charge >= 0.3 is 0 Å². The summed E-state index contributed by atoms with van der Waals surface area (Å²) in [7, 11) is 0. The Labute approximate surface area is 50.0 Å². The number of rotatable bonds is 2. The molecule has 0 aliphatic rings. The molecule has 8 heavy (non-hydrogen) atoms. The number of phenolic OH excluding ortho intramolecular Hbond substituents is 2. The lowest BCUT2D eigenvalue weighted by molar-refractivity contribution is 0.404. The Kier molecular flexibility index (Phi) is 0.645. The summed E-state index contributed by atoms with van der Waals surface area (Å²) >= 11 is 0. The Hall–Kier alpha value is -1.18. The van der Waals surface area contributed by atoms with Crippen LogP contribution in [0, 0.1) is 0 Å². The van der Waals surface area contributed by atoms with Crippen molar-refractivity contribution in [2.45, 2.75) is 0 Å². The number of aromatic hydroxyl groups is 2. The molecular formula is C6H6O2. The van der Waals surface area contributed by atoms with Gasteiger partial charge in [0, 0.05) is 0 Å². The highest BCUT2D eigenvalue weighted by Crippen LogP contribution is 2.21. The summed E-state index contributed by atoms with van der Waals surface area (Å²) in [6.07, 6.45) is 0. The first-order chi connectivity index (χ1) is 4.88. The standard InChI is InChI=1S/C6H6O2/c7-5-3-1-2-4-6(5)8/h1-4,7-8H/i/hD2. The molecule has 1 rings (SSSR count). The monoisotopic (exact) mass is 112 g/mol. The van der Waals surface area contributed by atoms with Crippen LogP contribution < -0.4 is 0 Å². The van der Waals surface area contributed by atoms with Crippen LogP contribution in [0.15, 0.2) is 24.3 Å². The highest BCUT2D eigenvalue weighted by Gasteiger charge is 1.90. The van der Waals surface area contributed by atoms with E-state index in [1.165, 1.54) is 0 Å². The lowest BCUT2D eigenvalue weighted by Crippen LogP contribution is -1.63. The van der Waals surface area contributed by atoms with E-state index in [9.17, 15) is 0 Å². The van der Waals surface area contributed by atoms with Crippen molar-refractivity contribution in [3.05, 3.63) is 24.3 Å². The summed E-state index contributed by atoms with van der Waals surface area (Å²) in [6.45, 7) is 0. The van der Waals surface area contributed by atoms with Crippen LogP contribution in [0.3, 0.4) is 0 Å². The Morgan fingerprint density at radius 1 is 1.12 bits per heavy atom. The fraction of sp³-hybridized carbons (Fsp3) is 0. The molecule has 0 fully saturated rings. The molecule has 42 valence electrons. The Morgan fingerprint density at radius 2 is 1.62 bits per heavy atom. The van der Waals surface area contributed by atoms with Crippen molar-refractivity contribution < 1.29 is 10.2 Å². The molecule has 0 aliphatic carbocycles. The molecule has 0 aliphatic heterocycles. The van der Waals surface area contributed by atoms with Crippen LogP contribution in [0.1, 0.15) is 0 Å². The van der Waals surface area contributed by atoms with Gasteiger partial charge in [-0.15, -0.1) is 0 Å². The van der Waals surface area contributed by atoms with E-state index >= 15 is 0 Å². The molecule has 2 nitrogen and oxygen atoms in total. The maximum absolute atomic E-state index is 6.52. The zero-order valence-corrected chi connectivity index (χ0v) is 4.13. The van der Waals surface area contributed by atoms with Gasteiger partial charge in [0.25, 0.3) is 2.86 Å². The summed E-state index contributed by atoms with van der Waals surface area (Å²) in [6, 6.07) is 6.51. The maximum Gasteiger partial charge on any atom is 0.293 e. The van der Waals surface area contributed by atoms with Gasteiger partial charge in [-0.2, -0.15) is 0 Å². The van der Waals surface area contributed by atoms with E-state index in [0.717, 1.165) is 0 Å². The van der Waals surface area contributed by atoms with E-state index in [0.29, 0.717) is 0 Å². The van der Waals surface area contributed by atoms with Gasteiger partial charge < -0.3 is 10.2 Å². The third-order valence-electron chi connectivity index (χ3n) is 0.849. The normalized spacial score (nSPS) is 11.5. The Morgan fingerprint density at radius 3 is 2.00 bits per heavy atom. The second-order valence-corrected chi connectivity index (χ2v) is 1.45. The molecule has 0 heterocycles. The predicted octanol–water partition coefficient (Wildman–Crippen LogP) is 1.10. The molecule has 0 radical (unpaired) electrons. The van der Waals surface area contributed by atoms with E-state index in [2.05, 4.69) is 10.2 Å². The van der Waals surface area contributed by atoms with Crippen LogP contribution in [0.4, 0.5) is 0 Å². The van der Waals surface area contributed by atoms with Gasteiger partial charge in [0.1, 0.15) is 0 Å². The smallest absolute Gasteiger partial charge is 0.293 e. The lowest BCUT2D eigenvalue weighted by atomic mass is 10.3. The summed E-state index contributed by atoms with van der Waals surface area (Å²) in [4.78, 5) is 0. The number of para-hydroxylation sites is 2. The molecule has 0 aromatic heterocycles. The molecule has 0 atom stereocenters. The fourth-order valence-corrected chi connectivity index (χ4v) is 0.450. The van der Waals surface area contributed by atoms with Crippen molar-refractivity contribution in [3.8, 4) is 11.5 Å². The highest BCUT2D eigenvalue weighted by atomic mass is 16.3. The molecule has 0 spiro atoms. The number of benzene rings is 1. The molecule has 2 N–H and O–H groups in total. The summed E-state index contributed by atoms with van der Waals surface area (Å²) in [5.41, 5.74) is 0. The molecule has 0 unspecified atom stereocenters. The van der Waals surface area contributed by atoms with Crippen LogP contribution in [0.2, 0.25) is 0 Å². The number of hydrogen-bond donors (Lipinski definition) is 2. The van der Waals surface area contributed by atoms with Gasteiger partial charge in [-0.1, -0.05) is 12.1 Å². The van der Waals surface area contributed by atoms with Crippen molar-refractivity contribution in [1.82, 2.24) is 0 Å². The van der Waals surface area contributed by atoms with Crippen LogP contribution in [0.5, 0.6) is 11.5 Å². The molecule has 0 bridgehead atoms. The van der Waals surface area contributed by atoms with Gasteiger partial charge in [0.15, 0.2) is 11.5 Å². The number of hydrogen-bond acceptors (Lipinski definition) is 2. The quantitative estimate of drug-likeness (QED) is 0.562. The van der Waals surface area contributed by atoms with E-state index in [1.54, 1.807) is 24.3 Å². The van der Waals surface area contributed by atoms with E-state index in [1.807, 2.05) is 0 Å². The molecular weight excluding hydrogens is 104 g/mol. The topological polar surface area (TPSA) is 40.5 Å². The molecule has 1 aromatic rings. The zero-order valence-electron chi connectivity index (χ0n) is 6.13. The van der Waals surface area contributed by atoms with E-state index < -0.39 is 0 Å². The minimum absolute atomic E-state index is 0.248. The van der Waals surface area contributed by atoms with Gasteiger partial charge in [-0.05, 0) is 12.1 Å². The minimum atomic E-state index is 0.248. The first-order valence-electron chi connectivity index (χ1n) is 3.05. The molecule has 2 heteroatoms. The third-order valence-corrected chi connectivity index (χ3v) is 0.849. The third kappa shape index (κ3) is 0.729. The fourth-order valence-electron chi connectivity index (χ4n) is 0.450. The van der Waals surface area contributed by atoms with Crippen molar-refractivity contribution in [3.63, 3.8) is 0 Å². The highest BCUT2D eigenvalue weighted by molar-refractivity contribution is 5.36. The lowest BCUT2D eigenvalue weighted by Gasteiger charge is -1.91. The second kappa shape index (κ2) is 1.74. The van der Waals surface area contributed by atoms with Gasteiger partial charge in [-0.3, -0.25) is 0 Å². The number of phenols is 2. The Balaban J connectivity index is 2.96. The average Bonchev–Trinajstić information content (AvgIpc) is 2.04. The van der Waals surface area contributed by atoms with Crippen molar-refractivity contribution in [1.29, 1.82) is 2.86 Å².